The minimum atomic E-state index is 0.0864. The van der Waals surface area contributed by atoms with Gasteiger partial charge in [-0.15, -0.1) is 0 Å². The van der Waals surface area contributed by atoms with Crippen LogP contribution in [0.2, 0.25) is 10.0 Å². The first-order valence-corrected chi connectivity index (χ1v) is 10.4. The van der Waals surface area contributed by atoms with Crippen molar-refractivity contribution >= 4 is 28.9 Å². The van der Waals surface area contributed by atoms with Crippen LogP contribution in [0.15, 0.2) is 41.3 Å². The minimum Gasteiger partial charge on any atom is -0.492 e. The number of hydrogen-bond donors (Lipinski definition) is 0. The summed E-state index contributed by atoms with van der Waals surface area (Å²) in [6.07, 6.45) is 6.09. The molecule has 1 aliphatic rings. The van der Waals surface area contributed by atoms with E-state index in [4.69, 9.17) is 27.9 Å². The fourth-order valence-corrected chi connectivity index (χ4v) is 3.77. The average molecular weight is 409 g/mol. The molecule has 1 fully saturated rings. The van der Waals surface area contributed by atoms with Gasteiger partial charge in [0.2, 0.25) is 0 Å². The van der Waals surface area contributed by atoms with Crippen molar-refractivity contribution in [3.63, 3.8) is 0 Å². The summed E-state index contributed by atoms with van der Waals surface area (Å²) in [5.74, 6) is 1.18. The van der Waals surface area contributed by atoms with Gasteiger partial charge in [-0.3, -0.25) is 4.79 Å². The maximum Gasteiger partial charge on any atom is 0.252 e. The maximum absolute atomic E-state index is 12.3. The highest BCUT2D eigenvalue weighted by atomic mass is 35.5. The van der Waals surface area contributed by atoms with E-state index in [1.54, 1.807) is 28.8 Å². The summed E-state index contributed by atoms with van der Waals surface area (Å²) in [6.45, 7) is 5.46. The molecule has 2 aromatic rings. The second kappa shape index (κ2) is 9.52. The summed E-state index contributed by atoms with van der Waals surface area (Å²) in [6, 6.07) is 9.07. The Morgan fingerprint density at radius 3 is 2.85 bits per heavy atom. The van der Waals surface area contributed by atoms with Gasteiger partial charge in [-0.25, -0.2) is 0 Å². The zero-order chi connectivity index (χ0) is 19.2. The highest BCUT2D eigenvalue weighted by Crippen LogP contribution is 2.29. The van der Waals surface area contributed by atoms with E-state index < -0.39 is 0 Å². The number of halogens is 2. The standard InChI is InChI=1S/C21H26Cl2N2O2/c1-2-3-9-24-11-7-18(14-21(24)26)25-10-6-16(15-25)8-12-27-20-13-17(22)4-5-19(20)23/h4-5,7,11,13-14,16H,2-3,6,8-10,12,15H2,1H3/t16-/m0/s1. The molecule has 0 aliphatic carbocycles. The fourth-order valence-electron chi connectivity index (χ4n) is 3.43. The zero-order valence-corrected chi connectivity index (χ0v) is 17.2. The molecule has 0 saturated carbocycles. The largest absolute Gasteiger partial charge is 0.492 e. The molecular weight excluding hydrogens is 383 g/mol. The highest BCUT2D eigenvalue weighted by Gasteiger charge is 2.23. The lowest BCUT2D eigenvalue weighted by Crippen LogP contribution is -2.25. The van der Waals surface area contributed by atoms with Crippen LogP contribution in [0.5, 0.6) is 5.75 Å². The van der Waals surface area contributed by atoms with E-state index in [2.05, 4.69) is 17.9 Å². The number of rotatable bonds is 8. The molecule has 4 nitrogen and oxygen atoms in total. The molecule has 146 valence electrons. The Bertz CT molecular complexity index is 822. The van der Waals surface area contributed by atoms with Gasteiger partial charge in [0.1, 0.15) is 5.75 Å². The molecule has 2 heterocycles. The summed E-state index contributed by atoms with van der Waals surface area (Å²) in [4.78, 5) is 14.6. The lowest BCUT2D eigenvalue weighted by Gasteiger charge is -2.19. The second-order valence-electron chi connectivity index (χ2n) is 7.08. The lowest BCUT2D eigenvalue weighted by molar-refractivity contribution is 0.284. The van der Waals surface area contributed by atoms with Crippen molar-refractivity contribution < 1.29 is 4.74 Å². The van der Waals surface area contributed by atoms with Crippen LogP contribution in [0.4, 0.5) is 5.69 Å². The van der Waals surface area contributed by atoms with Gasteiger partial charge >= 0.3 is 0 Å². The van der Waals surface area contributed by atoms with E-state index in [1.807, 2.05) is 6.20 Å². The third-order valence-electron chi connectivity index (χ3n) is 5.06. The van der Waals surface area contributed by atoms with Crippen molar-refractivity contribution in [3.8, 4) is 5.75 Å². The zero-order valence-electron chi connectivity index (χ0n) is 15.7. The Morgan fingerprint density at radius 2 is 2.07 bits per heavy atom. The van der Waals surface area contributed by atoms with Crippen molar-refractivity contribution in [1.82, 2.24) is 4.57 Å². The van der Waals surface area contributed by atoms with Crippen LogP contribution in [0, 0.1) is 5.92 Å². The van der Waals surface area contributed by atoms with E-state index in [1.165, 1.54) is 0 Å². The van der Waals surface area contributed by atoms with Crippen molar-refractivity contribution in [1.29, 1.82) is 0 Å². The third kappa shape index (κ3) is 5.43. The maximum atomic E-state index is 12.3. The quantitative estimate of drug-likeness (QED) is 0.597. The number of benzene rings is 1. The number of ether oxygens (including phenoxy) is 1. The first kappa shape index (κ1) is 20.1. The number of hydrogen-bond acceptors (Lipinski definition) is 3. The summed E-state index contributed by atoms with van der Waals surface area (Å²) in [5.41, 5.74) is 1.11. The molecule has 1 aliphatic heterocycles. The van der Waals surface area contributed by atoms with Gasteiger partial charge in [-0.05, 0) is 43.4 Å². The Labute approximate surface area is 170 Å². The molecule has 0 radical (unpaired) electrons. The van der Waals surface area contributed by atoms with E-state index in [0.29, 0.717) is 28.3 Å². The summed E-state index contributed by atoms with van der Waals surface area (Å²) in [7, 11) is 0. The first-order chi connectivity index (χ1) is 13.1. The molecule has 6 heteroatoms. The Hall–Kier alpha value is -1.65. The number of unbranched alkanes of at least 4 members (excludes halogenated alkanes) is 1. The smallest absolute Gasteiger partial charge is 0.252 e. The Balaban J connectivity index is 1.50. The summed E-state index contributed by atoms with van der Waals surface area (Å²) in [5, 5.41) is 1.20. The van der Waals surface area contributed by atoms with Gasteiger partial charge in [-0.2, -0.15) is 0 Å². The SMILES string of the molecule is CCCCn1ccc(N2CC[C@@H](CCOc3cc(Cl)ccc3Cl)C2)cc1=O. The molecule has 1 aromatic carbocycles. The predicted octanol–water partition coefficient (Wildman–Crippen LogP) is 5.25. The molecule has 0 unspecified atom stereocenters. The van der Waals surface area contributed by atoms with E-state index in [0.717, 1.165) is 51.0 Å². The van der Waals surface area contributed by atoms with Crippen LogP contribution in [-0.2, 0) is 6.54 Å². The van der Waals surface area contributed by atoms with Gasteiger partial charge in [-0.1, -0.05) is 36.5 Å². The van der Waals surface area contributed by atoms with Crippen LogP contribution in [0.25, 0.3) is 0 Å². The topological polar surface area (TPSA) is 34.5 Å². The average Bonchev–Trinajstić information content (AvgIpc) is 3.12. The third-order valence-corrected chi connectivity index (χ3v) is 5.61. The van der Waals surface area contributed by atoms with Crippen molar-refractivity contribution in [3.05, 3.63) is 56.9 Å². The lowest BCUT2D eigenvalue weighted by atomic mass is 10.1. The van der Waals surface area contributed by atoms with Gasteiger partial charge in [0.25, 0.3) is 5.56 Å². The number of aromatic nitrogens is 1. The summed E-state index contributed by atoms with van der Waals surface area (Å²) >= 11 is 12.1. The fraction of sp³-hybridized carbons (Fsp3) is 0.476. The van der Waals surface area contributed by atoms with Crippen LogP contribution in [-0.4, -0.2) is 24.3 Å². The Morgan fingerprint density at radius 1 is 1.22 bits per heavy atom. The predicted molar refractivity (Wildman–Crippen MR) is 113 cm³/mol. The number of anilines is 1. The molecule has 0 N–H and O–H groups in total. The molecule has 1 saturated heterocycles. The van der Waals surface area contributed by atoms with Crippen LogP contribution in [0.3, 0.4) is 0 Å². The van der Waals surface area contributed by atoms with Gasteiger partial charge in [0.05, 0.1) is 11.6 Å². The molecule has 27 heavy (non-hydrogen) atoms. The normalized spacial score (nSPS) is 16.7. The Kier molecular flexibility index (Phi) is 7.08. The molecular formula is C21H26Cl2N2O2. The summed E-state index contributed by atoms with van der Waals surface area (Å²) < 4.78 is 7.60. The second-order valence-corrected chi connectivity index (χ2v) is 7.93. The van der Waals surface area contributed by atoms with E-state index in [9.17, 15) is 4.79 Å². The molecule has 3 rings (SSSR count). The highest BCUT2D eigenvalue weighted by molar-refractivity contribution is 6.34. The molecule has 0 spiro atoms. The number of nitrogens with zero attached hydrogens (tertiary/aromatic N) is 2. The van der Waals surface area contributed by atoms with Crippen LogP contribution < -0.4 is 15.2 Å². The van der Waals surface area contributed by atoms with E-state index >= 15 is 0 Å². The molecule has 1 aromatic heterocycles. The minimum absolute atomic E-state index is 0.0864. The molecule has 1 atom stereocenters. The van der Waals surface area contributed by atoms with Gasteiger partial charge in [0.15, 0.2) is 0 Å². The van der Waals surface area contributed by atoms with Crippen molar-refractivity contribution in [2.24, 2.45) is 5.92 Å². The molecule has 0 bridgehead atoms. The first-order valence-electron chi connectivity index (χ1n) is 9.60. The number of aryl methyl sites for hydroxylation is 1. The van der Waals surface area contributed by atoms with Gasteiger partial charge < -0.3 is 14.2 Å². The van der Waals surface area contributed by atoms with Crippen LogP contribution >= 0.6 is 23.2 Å². The monoisotopic (exact) mass is 408 g/mol. The number of pyridine rings is 1. The van der Waals surface area contributed by atoms with E-state index in [-0.39, 0.29) is 5.56 Å². The van der Waals surface area contributed by atoms with Crippen molar-refractivity contribution in [2.75, 3.05) is 24.6 Å². The molecule has 0 amide bonds. The van der Waals surface area contributed by atoms with Crippen molar-refractivity contribution in [2.45, 2.75) is 39.2 Å². The van der Waals surface area contributed by atoms with Gasteiger partial charge in [0, 0.05) is 48.7 Å². The van der Waals surface area contributed by atoms with Crippen LogP contribution in [0.1, 0.15) is 32.6 Å².